The molecular weight excluding hydrogens is 537 g/mol. The van der Waals surface area contributed by atoms with Gasteiger partial charge in [0.15, 0.2) is 17.9 Å². The number of pyridine rings is 1. The molecule has 0 saturated heterocycles. The van der Waals surface area contributed by atoms with E-state index in [1.165, 1.54) is 0 Å². The molecule has 3 unspecified atom stereocenters. The second kappa shape index (κ2) is 11.3. The van der Waals surface area contributed by atoms with Crippen molar-refractivity contribution in [3.63, 3.8) is 0 Å². The molecule has 0 bridgehead atoms. The van der Waals surface area contributed by atoms with Crippen LogP contribution in [0.25, 0.3) is 16.6 Å². The lowest BCUT2D eigenvalue weighted by Crippen LogP contribution is -2.50. The summed E-state index contributed by atoms with van der Waals surface area (Å²) in [6.07, 6.45) is 2.01. The van der Waals surface area contributed by atoms with Crippen LogP contribution >= 0.6 is 11.5 Å². The van der Waals surface area contributed by atoms with Crippen LogP contribution in [0.5, 0.6) is 0 Å². The molecule has 218 valence electrons. The highest BCUT2D eigenvalue weighted by Crippen LogP contribution is 2.43. The van der Waals surface area contributed by atoms with Gasteiger partial charge in [-0.15, -0.1) is 0 Å². The summed E-state index contributed by atoms with van der Waals surface area (Å²) in [5, 5.41) is 17.3. The number of carbonyl (C=O) groups is 2. The van der Waals surface area contributed by atoms with E-state index in [2.05, 4.69) is 26.6 Å². The van der Waals surface area contributed by atoms with E-state index >= 15 is 4.39 Å². The van der Waals surface area contributed by atoms with E-state index in [1.807, 2.05) is 0 Å². The molecule has 0 spiro atoms. The van der Waals surface area contributed by atoms with Gasteiger partial charge in [-0.1, -0.05) is 19.4 Å². The number of fused-ring (bicyclic) bond motifs is 1. The predicted octanol–water partition coefficient (Wildman–Crippen LogP) is 5.98. The Morgan fingerprint density at radius 3 is 2.40 bits per heavy atom. The number of carbonyl (C=O) groups excluding carboxylic acids is 2. The zero-order valence-electron chi connectivity index (χ0n) is 23.8. The summed E-state index contributed by atoms with van der Waals surface area (Å²) in [6.45, 7) is 14.1. The fourth-order valence-corrected chi connectivity index (χ4v) is 5.59. The van der Waals surface area contributed by atoms with E-state index in [4.69, 9.17) is 9.47 Å². The largest absolute Gasteiger partial charge is 0.444 e. The van der Waals surface area contributed by atoms with Crippen LogP contribution in [0.4, 0.5) is 19.8 Å². The molecule has 1 saturated carbocycles. The molecule has 3 atom stereocenters. The number of ether oxygens (including phenoxy) is 2. The number of aliphatic hydroxyl groups excluding tert-OH is 1. The van der Waals surface area contributed by atoms with Crippen LogP contribution in [0.15, 0.2) is 12.6 Å². The van der Waals surface area contributed by atoms with Crippen LogP contribution in [0.3, 0.4) is 0 Å². The second-order valence-corrected chi connectivity index (χ2v) is 12.9. The Morgan fingerprint density at radius 1 is 1.15 bits per heavy atom. The second-order valence-electron chi connectivity index (χ2n) is 12.1. The number of hydrogen-bond acceptors (Lipinski definition) is 9. The highest BCUT2D eigenvalue weighted by Gasteiger charge is 2.41. The normalized spacial score (nSPS) is 21.0. The Bertz CT molecular complexity index is 1290. The molecular formula is C28H38FN5O5S. The Labute approximate surface area is 238 Å². The summed E-state index contributed by atoms with van der Waals surface area (Å²) < 4.78 is 31.3. The number of alkyl carbamates (subject to hydrolysis) is 1. The van der Waals surface area contributed by atoms with Gasteiger partial charge in [0.2, 0.25) is 0 Å². The van der Waals surface area contributed by atoms with Gasteiger partial charge in [-0.3, -0.25) is 4.90 Å². The van der Waals surface area contributed by atoms with Crippen LogP contribution in [-0.2, 0) is 16.0 Å². The first-order valence-corrected chi connectivity index (χ1v) is 14.2. The Morgan fingerprint density at radius 2 is 1.80 bits per heavy atom. The van der Waals surface area contributed by atoms with Crippen molar-refractivity contribution in [1.29, 1.82) is 0 Å². The summed E-state index contributed by atoms with van der Waals surface area (Å²) in [5.74, 6) is -0.692. The van der Waals surface area contributed by atoms with Gasteiger partial charge in [0.25, 0.3) is 0 Å². The van der Waals surface area contributed by atoms with Gasteiger partial charge in [-0.05, 0) is 78.1 Å². The first-order valence-electron chi connectivity index (χ1n) is 13.4. The average Bonchev–Trinajstić information content (AvgIpc) is 3.45. The molecule has 1 aliphatic heterocycles. The molecule has 0 radical (unpaired) electrons. The number of amides is 2. The predicted molar refractivity (Wildman–Crippen MR) is 151 cm³/mol. The lowest BCUT2D eigenvalue weighted by molar-refractivity contribution is -0.0257. The molecule has 3 heterocycles. The highest BCUT2D eigenvalue weighted by molar-refractivity contribution is 7.09. The van der Waals surface area contributed by atoms with E-state index in [1.54, 1.807) is 53.7 Å². The van der Waals surface area contributed by atoms with Crippen molar-refractivity contribution < 1.29 is 28.6 Å². The maximum Gasteiger partial charge on any atom is 0.412 e. The van der Waals surface area contributed by atoms with Gasteiger partial charge in [0.05, 0.1) is 28.9 Å². The number of anilines is 1. The van der Waals surface area contributed by atoms with E-state index in [9.17, 15) is 14.7 Å². The first kappa shape index (κ1) is 29.7. The number of aliphatic hydroxyl groups is 1. The summed E-state index contributed by atoms with van der Waals surface area (Å²) in [4.78, 5) is 31.7. The van der Waals surface area contributed by atoms with Crippen molar-refractivity contribution >= 4 is 35.6 Å². The Hall–Kier alpha value is -3.25. The van der Waals surface area contributed by atoms with Crippen LogP contribution in [0.1, 0.15) is 90.3 Å². The molecule has 40 heavy (non-hydrogen) atoms. The van der Waals surface area contributed by atoms with Gasteiger partial charge in [-0.2, -0.15) is 4.37 Å². The van der Waals surface area contributed by atoms with Crippen LogP contribution < -0.4 is 10.6 Å². The summed E-state index contributed by atoms with van der Waals surface area (Å²) in [7, 11) is 0. The Kier molecular flexibility index (Phi) is 8.41. The van der Waals surface area contributed by atoms with Crippen molar-refractivity contribution in [2.75, 3.05) is 5.32 Å². The number of aromatic nitrogens is 2. The maximum absolute atomic E-state index is 16.1. The molecule has 12 heteroatoms. The number of hydrogen-bond donors (Lipinski definition) is 3. The fraction of sp³-hybridized carbons (Fsp3) is 0.571. The minimum atomic E-state index is -1.46. The smallest absolute Gasteiger partial charge is 0.412 e. The third-order valence-corrected chi connectivity index (χ3v) is 7.36. The topological polar surface area (TPSA) is 126 Å². The first-order chi connectivity index (χ1) is 18.7. The van der Waals surface area contributed by atoms with Gasteiger partial charge in [0.1, 0.15) is 11.2 Å². The zero-order chi connectivity index (χ0) is 29.4. The SMILES string of the molecule is C=Cc1cc(-c2nc(NC3CCCCC3NC(=O)OC(C)(C)C)c(F)c3c2C(O)N(C(=O)OC(C)(C)C)C3)sn1. The minimum absolute atomic E-state index is 0.0246. The van der Waals surface area contributed by atoms with Crippen LogP contribution in [0.2, 0.25) is 0 Å². The van der Waals surface area contributed by atoms with Gasteiger partial charge >= 0.3 is 12.2 Å². The van der Waals surface area contributed by atoms with E-state index in [0.717, 1.165) is 29.3 Å². The number of nitrogens with zero attached hydrogens (tertiary/aromatic N) is 3. The molecule has 1 fully saturated rings. The van der Waals surface area contributed by atoms with Gasteiger partial charge in [-0.25, -0.2) is 19.0 Å². The molecule has 2 aromatic heterocycles. The highest BCUT2D eigenvalue weighted by atomic mass is 32.1. The van der Waals surface area contributed by atoms with Crippen molar-refractivity contribution in [3.8, 4) is 10.6 Å². The third-order valence-electron chi connectivity index (χ3n) is 6.55. The third kappa shape index (κ3) is 6.72. The van der Waals surface area contributed by atoms with Crippen molar-refractivity contribution in [3.05, 3.63) is 35.3 Å². The zero-order valence-corrected chi connectivity index (χ0v) is 24.7. The average molecular weight is 576 g/mol. The van der Waals surface area contributed by atoms with Crippen molar-refractivity contribution in [2.24, 2.45) is 0 Å². The van der Waals surface area contributed by atoms with E-state index < -0.39 is 35.4 Å². The lowest BCUT2D eigenvalue weighted by Gasteiger charge is -2.34. The summed E-state index contributed by atoms with van der Waals surface area (Å²) in [5.41, 5.74) is -0.183. The standard InChI is InChI=1S/C28H38FN5O5S/c1-8-15-13-19(40-33-15)22-20-16(14-34(24(20)35)26(37)39-28(5,6)7)21(29)23(32-22)30-17-11-9-10-12-18(17)31-25(36)38-27(2,3)4/h8,13,17-18,24,35H,1,9-12,14H2,2-7H3,(H,30,32)(H,31,36). The summed E-state index contributed by atoms with van der Waals surface area (Å²) >= 11 is 1.14. The number of nitrogens with one attached hydrogen (secondary N) is 2. The van der Waals surface area contributed by atoms with Gasteiger partial charge < -0.3 is 25.2 Å². The summed E-state index contributed by atoms with van der Waals surface area (Å²) in [6, 6.07) is 1.13. The van der Waals surface area contributed by atoms with E-state index in [-0.39, 0.29) is 35.6 Å². The maximum atomic E-state index is 16.1. The molecule has 3 N–H and O–H groups in total. The molecule has 1 aliphatic carbocycles. The van der Waals surface area contributed by atoms with E-state index in [0.29, 0.717) is 29.1 Å². The quantitative estimate of drug-likeness (QED) is 0.398. The molecule has 2 aromatic rings. The molecule has 10 nitrogen and oxygen atoms in total. The molecule has 2 amide bonds. The molecule has 0 aromatic carbocycles. The monoisotopic (exact) mass is 575 g/mol. The Balaban J connectivity index is 1.70. The van der Waals surface area contributed by atoms with Crippen LogP contribution in [0, 0.1) is 5.82 Å². The van der Waals surface area contributed by atoms with Crippen LogP contribution in [-0.4, -0.2) is 54.8 Å². The number of rotatable bonds is 5. The molecule has 4 rings (SSSR count). The number of halogens is 1. The lowest BCUT2D eigenvalue weighted by atomic mass is 9.90. The fourth-order valence-electron chi connectivity index (χ4n) is 4.85. The minimum Gasteiger partial charge on any atom is -0.444 e. The van der Waals surface area contributed by atoms with Gasteiger partial charge in [0, 0.05) is 17.2 Å². The molecule has 2 aliphatic rings. The van der Waals surface area contributed by atoms with Crippen molar-refractivity contribution in [1.82, 2.24) is 19.6 Å². The van der Waals surface area contributed by atoms with Crippen molar-refractivity contribution in [2.45, 2.75) is 103 Å².